The van der Waals surface area contributed by atoms with Gasteiger partial charge in [-0.25, -0.2) is 4.98 Å². The largest absolute Gasteiger partial charge is 0.493 e. The lowest BCUT2D eigenvalue weighted by Crippen LogP contribution is -2.47. The van der Waals surface area contributed by atoms with Gasteiger partial charge in [-0.3, -0.25) is 4.90 Å². The Bertz CT molecular complexity index is 720. The predicted octanol–water partition coefficient (Wildman–Crippen LogP) is 1.67. The summed E-state index contributed by atoms with van der Waals surface area (Å²) in [5, 5.41) is 2.11. The van der Waals surface area contributed by atoms with Crippen LogP contribution in [0, 0.1) is 0 Å². The van der Waals surface area contributed by atoms with Crippen molar-refractivity contribution < 1.29 is 19.3 Å². The van der Waals surface area contributed by atoms with E-state index in [4.69, 9.17) is 19.3 Å². The molecule has 0 radical (unpaired) electrons. The third kappa shape index (κ3) is 4.12. The highest BCUT2D eigenvalue weighted by molar-refractivity contribution is 7.45. The number of hydrogen-bond donors (Lipinski definition) is 2. The van der Waals surface area contributed by atoms with Crippen LogP contribution in [0.5, 0.6) is 11.5 Å². The van der Waals surface area contributed by atoms with Gasteiger partial charge in [0.05, 0.1) is 14.2 Å². The molecule has 2 heterocycles. The first-order chi connectivity index (χ1) is 12.1. The molecule has 1 fully saturated rings. The number of nitrogens with zero attached hydrogens (tertiary/aromatic N) is 3. The number of methoxy groups -OCH3 is 2. The van der Waals surface area contributed by atoms with Crippen LogP contribution in [-0.4, -0.2) is 72.8 Å². The maximum absolute atomic E-state index is 9.07. The van der Waals surface area contributed by atoms with Gasteiger partial charge in [-0.15, -0.1) is 0 Å². The zero-order chi connectivity index (χ0) is 17.8. The molecule has 0 aliphatic carbocycles. The number of piperazine rings is 1. The van der Waals surface area contributed by atoms with Gasteiger partial charge in [-0.1, -0.05) is 0 Å². The van der Waals surface area contributed by atoms with Gasteiger partial charge >= 0.3 is 0 Å². The Morgan fingerprint density at radius 3 is 2.40 bits per heavy atom. The molecule has 0 spiro atoms. The van der Waals surface area contributed by atoms with Crippen molar-refractivity contribution in [2.45, 2.75) is 0 Å². The normalized spacial score (nSPS) is 15.8. The lowest BCUT2D eigenvalue weighted by molar-refractivity contribution is 0.269. The van der Waals surface area contributed by atoms with Crippen LogP contribution in [0.4, 0.5) is 5.82 Å². The summed E-state index contributed by atoms with van der Waals surface area (Å²) in [4.78, 5) is 27.3. The van der Waals surface area contributed by atoms with E-state index in [9.17, 15) is 0 Å². The molecule has 0 unspecified atom stereocenters. The minimum Gasteiger partial charge on any atom is -0.493 e. The maximum Gasteiger partial charge on any atom is 0.166 e. The molecule has 0 bridgehead atoms. The topological polar surface area (TPSA) is 78.3 Å². The van der Waals surface area contributed by atoms with Gasteiger partial charge in [-0.2, -0.15) is 0 Å². The Kier molecular flexibility index (Phi) is 5.91. The van der Waals surface area contributed by atoms with E-state index in [0.717, 1.165) is 49.3 Å². The molecule has 0 amide bonds. The standard InChI is InChI=1S/C17H24N3O4P/c1-23-15-11-13-3-4-18-17(14(13)12-16(15)24-2)20-7-5-19(6-8-20)9-10-25(21)22/h3-4,11-12,21-22H,5-10H2,1-2H3. The molecule has 1 aliphatic heterocycles. The van der Waals surface area contributed by atoms with Gasteiger partial charge in [0.25, 0.3) is 0 Å². The molecular weight excluding hydrogens is 341 g/mol. The molecule has 0 saturated carbocycles. The van der Waals surface area contributed by atoms with E-state index in [1.165, 1.54) is 0 Å². The highest BCUT2D eigenvalue weighted by atomic mass is 31.2. The van der Waals surface area contributed by atoms with Crippen molar-refractivity contribution in [2.24, 2.45) is 0 Å². The van der Waals surface area contributed by atoms with Crippen LogP contribution >= 0.6 is 8.38 Å². The number of pyridine rings is 1. The van der Waals surface area contributed by atoms with E-state index in [-0.39, 0.29) is 0 Å². The fourth-order valence-electron chi connectivity index (χ4n) is 3.15. The monoisotopic (exact) mass is 365 g/mol. The Labute approximate surface area is 148 Å². The molecule has 25 heavy (non-hydrogen) atoms. The van der Waals surface area contributed by atoms with Crippen LogP contribution in [0.2, 0.25) is 0 Å². The van der Waals surface area contributed by atoms with Gasteiger partial charge in [0.1, 0.15) is 5.82 Å². The second kappa shape index (κ2) is 8.15. The van der Waals surface area contributed by atoms with E-state index in [1.807, 2.05) is 24.4 Å². The number of aromatic nitrogens is 1. The maximum atomic E-state index is 9.07. The van der Waals surface area contributed by atoms with Crippen molar-refractivity contribution in [3.63, 3.8) is 0 Å². The van der Waals surface area contributed by atoms with Crippen molar-refractivity contribution in [3.8, 4) is 11.5 Å². The quantitative estimate of drug-likeness (QED) is 0.754. The van der Waals surface area contributed by atoms with Crippen molar-refractivity contribution >= 4 is 25.0 Å². The van der Waals surface area contributed by atoms with Crippen LogP contribution < -0.4 is 14.4 Å². The third-order valence-electron chi connectivity index (χ3n) is 4.54. The van der Waals surface area contributed by atoms with Crippen molar-refractivity contribution in [2.75, 3.05) is 58.0 Å². The molecule has 2 aromatic rings. The average molecular weight is 365 g/mol. The Morgan fingerprint density at radius 1 is 1.08 bits per heavy atom. The third-order valence-corrected chi connectivity index (χ3v) is 5.14. The fraction of sp³-hybridized carbons (Fsp3) is 0.471. The Hall–Kier alpha value is -1.66. The average Bonchev–Trinajstić information content (AvgIpc) is 2.65. The van der Waals surface area contributed by atoms with Crippen LogP contribution in [0.3, 0.4) is 0 Å². The molecule has 3 rings (SSSR count). The molecule has 1 saturated heterocycles. The summed E-state index contributed by atoms with van der Waals surface area (Å²) in [5.41, 5.74) is 0. The van der Waals surface area contributed by atoms with Crippen LogP contribution in [0.15, 0.2) is 24.4 Å². The second-order valence-electron chi connectivity index (χ2n) is 5.99. The number of fused-ring (bicyclic) bond motifs is 1. The van der Waals surface area contributed by atoms with E-state index in [2.05, 4.69) is 14.8 Å². The summed E-state index contributed by atoms with van der Waals surface area (Å²) < 4.78 is 10.8. The molecular formula is C17H24N3O4P. The van der Waals surface area contributed by atoms with Gasteiger partial charge in [0.15, 0.2) is 19.9 Å². The van der Waals surface area contributed by atoms with Crippen molar-refractivity contribution in [1.29, 1.82) is 0 Å². The highest BCUT2D eigenvalue weighted by Gasteiger charge is 2.21. The fourth-order valence-corrected chi connectivity index (χ4v) is 3.61. The summed E-state index contributed by atoms with van der Waals surface area (Å²) in [6.07, 6.45) is 2.26. The molecule has 2 N–H and O–H groups in total. The van der Waals surface area contributed by atoms with Crippen LogP contribution in [-0.2, 0) is 0 Å². The van der Waals surface area contributed by atoms with E-state index < -0.39 is 8.38 Å². The smallest absolute Gasteiger partial charge is 0.166 e. The summed E-state index contributed by atoms with van der Waals surface area (Å²) in [5.74, 6) is 2.35. The first-order valence-electron chi connectivity index (χ1n) is 8.25. The van der Waals surface area contributed by atoms with Gasteiger partial charge in [-0.05, 0) is 23.6 Å². The van der Waals surface area contributed by atoms with Gasteiger partial charge in [0, 0.05) is 50.5 Å². The van der Waals surface area contributed by atoms with Crippen LogP contribution in [0.25, 0.3) is 10.8 Å². The molecule has 1 aromatic heterocycles. The molecule has 7 nitrogen and oxygen atoms in total. The summed E-state index contributed by atoms with van der Waals surface area (Å²) in [7, 11) is 1.46. The second-order valence-corrected chi connectivity index (χ2v) is 7.18. The SMILES string of the molecule is COc1cc2ccnc(N3CCN(CCP(O)O)CC3)c2cc1OC. The zero-order valence-electron chi connectivity index (χ0n) is 14.6. The van der Waals surface area contributed by atoms with Gasteiger partial charge in [0.2, 0.25) is 0 Å². The minimum atomic E-state index is -1.81. The van der Waals surface area contributed by atoms with E-state index >= 15 is 0 Å². The Morgan fingerprint density at radius 2 is 1.76 bits per heavy atom. The highest BCUT2D eigenvalue weighted by Crippen LogP contribution is 2.35. The van der Waals surface area contributed by atoms with E-state index in [0.29, 0.717) is 17.7 Å². The van der Waals surface area contributed by atoms with Crippen LogP contribution in [0.1, 0.15) is 0 Å². The van der Waals surface area contributed by atoms with E-state index in [1.54, 1.807) is 14.2 Å². The van der Waals surface area contributed by atoms with Crippen molar-refractivity contribution in [1.82, 2.24) is 9.88 Å². The molecule has 1 aromatic carbocycles. The molecule has 136 valence electrons. The molecule has 8 heteroatoms. The minimum absolute atomic E-state index is 0.443. The number of hydrogen-bond acceptors (Lipinski definition) is 7. The van der Waals surface area contributed by atoms with Crippen molar-refractivity contribution in [3.05, 3.63) is 24.4 Å². The number of ether oxygens (including phenoxy) is 2. The summed E-state index contributed by atoms with van der Waals surface area (Å²) in [6, 6.07) is 5.93. The Balaban J connectivity index is 1.80. The lowest BCUT2D eigenvalue weighted by atomic mass is 10.1. The molecule has 1 aliphatic rings. The first-order valence-corrected chi connectivity index (χ1v) is 9.69. The zero-order valence-corrected chi connectivity index (χ0v) is 15.4. The predicted molar refractivity (Wildman–Crippen MR) is 99.7 cm³/mol. The number of rotatable bonds is 6. The lowest BCUT2D eigenvalue weighted by Gasteiger charge is -2.36. The van der Waals surface area contributed by atoms with Gasteiger partial charge < -0.3 is 24.2 Å². The summed E-state index contributed by atoms with van der Waals surface area (Å²) >= 11 is 0. The summed E-state index contributed by atoms with van der Waals surface area (Å²) in [6.45, 7) is 4.20. The first kappa shape index (κ1) is 18.1. The molecule has 0 atom stereocenters. The number of anilines is 1. The number of benzene rings is 1.